The highest BCUT2D eigenvalue weighted by Gasteiger charge is 2.59. The molecule has 2 aliphatic rings. The Bertz CT molecular complexity index is 865. The van der Waals surface area contributed by atoms with Crippen molar-refractivity contribution in [1.29, 1.82) is 0 Å². The first-order valence-corrected chi connectivity index (χ1v) is 9.56. The number of fused-ring (bicyclic) bond motifs is 5. The summed E-state index contributed by atoms with van der Waals surface area (Å²) in [5.41, 5.74) is 1.56. The molecule has 6 heteroatoms. The van der Waals surface area contributed by atoms with Crippen molar-refractivity contribution in [2.24, 2.45) is 13.0 Å². The Balaban J connectivity index is 1.73. The molecule has 0 N–H and O–H groups in total. The normalized spacial score (nSPS) is 26.2. The van der Waals surface area contributed by atoms with Crippen molar-refractivity contribution in [2.75, 3.05) is 0 Å². The zero-order valence-corrected chi connectivity index (χ0v) is 15.7. The van der Waals surface area contributed by atoms with Crippen LogP contribution in [0.4, 0.5) is 4.39 Å². The molecule has 1 fully saturated rings. The Hall–Kier alpha value is -1.88. The maximum atomic E-state index is 13.8. The second-order valence-electron chi connectivity index (χ2n) is 7.38. The molecular formula is C20H22ClFN2O2. The van der Waals surface area contributed by atoms with Crippen LogP contribution in [0.25, 0.3) is 0 Å². The van der Waals surface area contributed by atoms with Gasteiger partial charge < -0.3 is 4.74 Å². The van der Waals surface area contributed by atoms with E-state index in [-0.39, 0.29) is 28.4 Å². The van der Waals surface area contributed by atoms with Crippen molar-refractivity contribution in [3.63, 3.8) is 0 Å². The van der Waals surface area contributed by atoms with Crippen molar-refractivity contribution in [2.45, 2.75) is 50.5 Å². The molecule has 3 unspecified atom stereocenters. The second-order valence-corrected chi connectivity index (χ2v) is 7.74. The Morgan fingerprint density at radius 1 is 1.50 bits per heavy atom. The third-order valence-electron chi connectivity index (χ3n) is 6.01. The number of ether oxygens (including phenoxy) is 1. The number of benzene rings is 1. The molecule has 1 aromatic heterocycles. The van der Waals surface area contributed by atoms with E-state index in [9.17, 15) is 9.18 Å². The average Bonchev–Trinajstić information content (AvgIpc) is 3.21. The lowest BCUT2D eigenvalue weighted by Crippen LogP contribution is -2.34. The van der Waals surface area contributed by atoms with Gasteiger partial charge in [0.2, 0.25) is 0 Å². The molecule has 2 bridgehead atoms. The van der Waals surface area contributed by atoms with Crippen LogP contribution < -0.4 is 0 Å². The van der Waals surface area contributed by atoms with E-state index in [1.807, 2.05) is 0 Å². The summed E-state index contributed by atoms with van der Waals surface area (Å²) in [5.74, 6) is -0.243. The third kappa shape index (κ3) is 2.48. The molecule has 0 radical (unpaired) electrons. The number of unbranched alkanes of at least 4 members (excludes halogenated alkanes) is 1. The number of carbonyl (C=O) groups is 1. The first-order chi connectivity index (χ1) is 12.5. The van der Waals surface area contributed by atoms with Gasteiger partial charge in [0.05, 0.1) is 6.20 Å². The molecule has 1 heterocycles. The standard InChI is InChI=1S/C20H22ClFN2O2/c1-3-4-5-16-13-8-9-20(16,17-7-6-12(22)10-14(13)17)26-19(25)15-11-23-24(2)18(15)21/h6-7,10-11,13,16H,3-5,8-9H2,1-2H3. The van der Waals surface area contributed by atoms with E-state index >= 15 is 0 Å². The molecule has 3 atom stereocenters. The SMILES string of the molecule is CCCCC1C2CCC1(OC(=O)c1cnn(C)c1Cl)c1ccc(F)cc12. The quantitative estimate of drug-likeness (QED) is 0.692. The number of hydrogen-bond acceptors (Lipinski definition) is 3. The van der Waals surface area contributed by atoms with Crippen LogP contribution in [0.1, 0.15) is 66.4 Å². The highest BCUT2D eigenvalue weighted by atomic mass is 35.5. The summed E-state index contributed by atoms with van der Waals surface area (Å²) in [4.78, 5) is 12.9. The van der Waals surface area contributed by atoms with Crippen molar-refractivity contribution in [1.82, 2.24) is 9.78 Å². The average molecular weight is 377 g/mol. The Labute approximate surface area is 157 Å². The second kappa shape index (κ2) is 6.38. The maximum Gasteiger partial charge on any atom is 0.343 e. The largest absolute Gasteiger partial charge is 0.450 e. The monoisotopic (exact) mass is 376 g/mol. The zero-order valence-electron chi connectivity index (χ0n) is 15.0. The van der Waals surface area contributed by atoms with E-state index in [0.29, 0.717) is 0 Å². The van der Waals surface area contributed by atoms with Gasteiger partial charge in [0, 0.05) is 13.0 Å². The number of carbonyl (C=O) groups excluding carboxylic acids is 1. The minimum Gasteiger partial charge on any atom is -0.450 e. The fraction of sp³-hybridized carbons (Fsp3) is 0.500. The third-order valence-corrected chi connectivity index (χ3v) is 6.46. The van der Waals surface area contributed by atoms with Gasteiger partial charge in [-0.2, -0.15) is 5.10 Å². The molecule has 2 aromatic rings. The molecule has 1 saturated carbocycles. The topological polar surface area (TPSA) is 44.1 Å². The molecule has 4 rings (SSSR count). The van der Waals surface area contributed by atoms with Crippen LogP contribution in [0.3, 0.4) is 0 Å². The molecule has 4 nitrogen and oxygen atoms in total. The number of esters is 1. The van der Waals surface area contributed by atoms with Gasteiger partial charge in [-0.3, -0.25) is 4.68 Å². The summed E-state index contributed by atoms with van der Waals surface area (Å²) in [6, 6.07) is 4.87. The van der Waals surface area contributed by atoms with E-state index in [1.54, 1.807) is 19.2 Å². The molecule has 2 aliphatic carbocycles. The fourth-order valence-corrected chi connectivity index (χ4v) is 5.00. The molecule has 1 aromatic carbocycles. The van der Waals surface area contributed by atoms with E-state index in [1.165, 1.54) is 16.9 Å². The lowest BCUT2D eigenvalue weighted by molar-refractivity contribution is -0.0413. The van der Waals surface area contributed by atoms with Gasteiger partial charge in [0.1, 0.15) is 22.1 Å². The molecule has 0 aliphatic heterocycles. The van der Waals surface area contributed by atoms with Crippen molar-refractivity contribution < 1.29 is 13.9 Å². The van der Waals surface area contributed by atoms with Crippen LogP contribution in [-0.2, 0) is 17.4 Å². The smallest absolute Gasteiger partial charge is 0.343 e. The highest BCUT2D eigenvalue weighted by Crippen LogP contribution is 2.63. The summed E-state index contributed by atoms with van der Waals surface area (Å²) < 4.78 is 21.4. The fourth-order valence-electron chi connectivity index (χ4n) is 4.83. The van der Waals surface area contributed by atoms with Crippen LogP contribution in [-0.4, -0.2) is 15.7 Å². The van der Waals surface area contributed by atoms with Crippen molar-refractivity contribution >= 4 is 17.6 Å². The summed E-state index contributed by atoms with van der Waals surface area (Å²) in [6.45, 7) is 2.15. The maximum absolute atomic E-state index is 13.8. The summed E-state index contributed by atoms with van der Waals surface area (Å²) in [6.07, 6.45) is 6.23. The molecule has 0 amide bonds. The van der Waals surface area contributed by atoms with E-state index < -0.39 is 11.6 Å². The number of hydrogen-bond donors (Lipinski definition) is 0. The number of aryl methyl sites for hydroxylation is 1. The summed E-state index contributed by atoms with van der Waals surface area (Å²) in [7, 11) is 1.68. The lowest BCUT2D eigenvalue weighted by atomic mass is 9.85. The van der Waals surface area contributed by atoms with Crippen LogP contribution in [0.2, 0.25) is 5.15 Å². The van der Waals surface area contributed by atoms with Gasteiger partial charge in [-0.05, 0) is 48.4 Å². The van der Waals surface area contributed by atoms with Gasteiger partial charge in [-0.1, -0.05) is 37.4 Å². The van der Waals surface area contributed by atoms with Crippen molar-refractivity contribution in [3.05, 3.63) is 52.1 Å². The molecule has 0 spiro atoms. The Morgan fingerprint density at radius 2 is 2.31 bits per heavy atom. The number of halogens is 2. The predicted octanol–water partition coefficient (Wildman–Crippen LogP) is 4.96. The first-order valence-electron chi connectivity index (χ1n) is 9.18. The van der Waals surface area contributed by atoms with Gasteiger partial charge in [0.25, 0.3) is 0 Å². The molecular weight excluding hydrogens is 355 g/mol. The Morgan fingerprint density at radius 3 is 3.00 bits per heavy atom. The van der Waals surface area contributed by atoms with Crippen LogP contribution >= 0.6 is 11.6 Å². The minimum absolute atomic E-state index is 0.193. The molecule has 138 valence electrons. The van der Waals surface area contributed by atoms with Crippen molar-refractivity contribution in [3.8, 4) is 0 Å². The van der Waals surface area contributed by atoms with E-state index in [0.717, 1.165) is 43.2 Å². The van der Waals surface area contributed by atoms with E-state index in [2.05, 4.69) is 12.0 Å². The van der Waals surface area contributed by atoms with Crippen LogP contribution in [0.15, 0.2) is 24.4 Å². The Kier molecular flexibility index (Phi) is 4.30. The number of nitrogens with zero attached hydrogens (tertiary/aromatic N) is 2. The van der Waals surface area contributed by atoms with Crippen LogP contribution in [0, 0.1) is 11.7 Å². The minimum atomic E-state index is -0.681. The summed E-state index contributed by atoms with van der Waals surface area (Å²) >= 11 is 6.18. The van der Waals surface area contributed by atoms with E-state index in [4.69, 9.17) is 16.3 Å². The first kappa shape index (κ1) is 17.5. The van der Waals surface area contributed by atoms with Gasteiger partial charge in [-0.15, -0.1) is 0 Å². The number of rotatable bonds is 5. The lowest BCUT2D eigenvalue weighted by Gasteiger charge is -2.33. The highest BCUT2D eigenvalue weighted by molar-refractivity contribution is 6.32. The van der Waals surface area contributed by atoms with Crippen LogP contribution in [0.5, 0.6) is 0 Å². The van der Waals surface area contributed by atoms with Gasteiger partial charge in [-0.25, -0.2) is 9.18 Å². The summed E-state index contributed by atoms with van der Waals surface area (Å²) in [5, 5.41) is 4.30. The number of aromatic nitrogens is 2. The van der Waals surface area contributed by atoms with Gasteiger partial charge >= 0.3 is 5.97 Å². The molecule has 26 heavy (non-hydrogen) atoms. The van der Waals surface area contributed by atoms with Gasteiger partial charge in [0.15, 0.2) is 0 Å². The predicted molar refractivity (Wildman–Crippen MR) is 96.7 cm³/mol. The zero-order chi connectivity index (χ0) is 18.5. The molecule has 0 saturated heterocycles.